The first-order valence-electron chi connectivity index (χ1n) is 9.52. The van der Waals surface area contributed by atoms with Crippen molar-refractivity contribution in [3.8, 4) is 10.6 Å². The van der Waals surface area contributed by atoms with E-state index in [0.29, 0.717) is 5.69 Å². The van der Waals surface area contributed by atoms with Gasteiger partial charge in [-0.05, 0) is 11.5 Å². The van der Waals surface area contributed by atoms with E-state index in [-0.39, 0.29) is 24.9 Å². The summed E-state index contributed by atoms with van der Waals surface area (Å²) in [5, 5.41) is 5.57. The molecular formula is C23H24N2O3S. The number of carbonyl (C=O) groups is 2. The lowest BCUT2D eigenvalue weighted by molar-refractivity contribution is -0.150. The predicted octanol–water partition coefficient (Wildman–Crippen LogP) is 4.24. The van der Waals surface area contributed by atoms with Crippen molar-refractivity contribution in [1.29, 1.82) is 0 Å². The molecule has 1 amide bonds. The Bertz CT molecular complexity index is 939. The van der Waals surface area contributed by atoms with Crippen LogP contribution in [0.15, 0.2) is 66.0 Å². The highest BCUT2D eigenvalue weighted by Crippen LogP contribution is 2.23. The van der Waals surface area contributed by atoms with Gasteiger partial charge in [0.1, 0.15) is 17.7 Å². The van der Waals surface area contributed by atoms with Gasteiger partial charge < -0.3 is 10.1 Å². The maximum Gasteiger partial charge on any atom is 0.329 e. The first-order chi connectivity index (χ1) is 14.0. The summed E-state index contributed by atoms with van der Waals surface area (Å²) in [4.78, 5) is 29.4. The molecule has 0 fully saturated rings. The van der Waals surface area contributed by atoms with Crippen molar-refractivity contribution >= 4 is 23.2 Å². The minimum Gasteiger partial charge on any atom is -0.458 e. The number of ether oxygens (including phenoxy) is 1. The molecule has 3 rings (SSSR count). The Balaban J connectivity index is 1.56. The van der Waals surface area contributed by atoms with Crippen molar-refractivity contribution in [2.45, 2.75) is 32.9 Å². The first-order valence-corrected chi connectivity index (χ1v) is 10.4. The first kappa shape index (κ1) is 20.7. The summed E-state index contributed by atoms with van der Waals surface area (Å²) in [5.41, 5.74) is 2.63. The molecule has 6 heteroatoms. The summed E-state index contributed by atoms with van der Waals surface area (Å²) in [7, 11) is 0. The third-order valence-corrected chi connectivity index (χ3v) is 5.32. The lowest BCUT2D eigenvalue weighted by Gasteiger charge is -2.20. The number of nitrogens with zero attached hydrogens (tertiary/aromatic N) is 1. The lowest BCUT2D eigenvalue weighted by Crippen LogP contribution is -2.45. The Morgan fingerprint density at radius 1 is 1.03 bits per heavy atom. The molecule has 0 saturated carbocycles. The molecule has 1 heterocycles. The van der Waals surface area contributed by atoms with E-state index in [4.69, 9.17) is 4.74 Å². The van der Waals surface area contributed by atoms with E-state index in [2.05, 4.69) is 10.3 Å². The molecule has 5 nitrogen and oxygen atoms in total. The fourth-order valence-corrected chi connectivity index (χ4v) is 3.64. The topological polar surface area (TPSA) is 68.3 Å². The number of carbonyl (C=O) groups excluding carboxylic acids is 2. The van der Waals surface area contributed by atoms with E-state index in [1.54, 1.807) is 0 Å². The largest absolute Gasteiger partial charge is 0.458 e. The van der Waals surface area contributed by atoms with Crippen LogP contribution in [-0.4, -0.2) is 22.9 Å². The van der Waals surface area contributed by atoms with Crippen molar-refractivity contribution in [1.82, 2.24) is 10.3 Å². The van der Waals surface area contributed by atoms with Crippen LogP contribution in [0.3, 0.4) is 0 Å². The van der Waals surface area contributed by atoms with Crippen LogP contribution >= 0.6 is 11.3 Å². The van der Waals surface area contributed by atoms with Gasteiger partial charge in [0.15, 0.2) is 0 Å². The normalized spacial score (nSPS) is 11.8. The summed E-state index contributed by atoms with van der Waals surface area (Å²) < 4.78 is 5.44. The van der Waals surface area contributed by atoms with Gasteiger partial charge in [-0.1, -0.05) is 74.5 Å². The van der Waals surface area contributed by atoms with Crippen LogP contribution in [0.25, 0.3) is 10.6 Å². The molecule has 1 atom stereocenters. The quantitative estimate of drug-likeness (QED) is 0.566. The van der Waals surface area contributed by atoms with Crippen molar-refractivity contribution < 1.29 is 14.3 Å². The Morgan fingerprint density at radius 3 is 2.34 bits per heavy atom. The maximum absolute atomic E-state index is 12.6. The summed E-state index contributed by atoms with van der Waals surface area (Å²) in [6.45, 7) is 3.84. The third-order valence-electron chi connectivity index (χ3n) is 4.38. The molecule has 1 aromatic heterocycles. The molecule has 150 valence electrons. The van der Waals surface area contributed by atoms with Gasteiger partial charge >= 0.3 is 5.97 Å². The summed E-state index contributed by atoms with van der Waals surface area (Å²) in [6.07, 6.45) is 0.226. The number of nitrogens with one attached hydrogen (secondary N) is 1. The Kier molecular flexibility index (Phi) is 7.14. The number of aromatic nitrogens is 1. The smallest absolute Gasteiger partial charge is 0.329 e. The van der Waals surface area contributed by atoms with E-state index in [1.807, 2.05) is 79.9 Å². The average Bonchev–Trinajstić information content (AvgIpc) is 3.20. The zero-order valence-electron chi connectivity index (χ0n) is 16.5. The van der Waals surface area contributed by atoms with Gasteiger partial charge in [0.25, 0.3) is 0 Å². The van der Waals surface area contributed by atoms with Gasteiger partial charge in [0.05, 0.1) is 12.1 Å². The Morgan fingerprint density at radius 2 is 1.69 bits per heavy atom. The second kappa shape index (κ2) is 9.98. The van der Waals surface area contributed by atoms with E-state index >= 15 is 0 Å². The van der Waals surface area contributed by atoms with Gasteiger partial charge in [-0.15, -0.1) is 11.3 Å². The van der Waals surface area contributed by atoms with E-state index in [1.165, 1.54) is 11.3 Å². The molecule has 2 aromatic carbocycles. The molecule has 0 aliphatic heterocycles. The highest BCUT2D eigenvalue weighted by Gasteiger charge is 2.26. The second-order valence-electron chi connectivity index (χ2n) is 7.07. The number of rotatable bonds is 8. The van der Waals surface area contributed by atoms with Gasteiger partial charge in [-0.2, -0.15) is 0 Å². The average molecular weight is 409 g/mol. The van der Waals surface area contributed by atoms with Gasteiger partial charge in [-0.25, -0.2) is 9.78 Å². The summed E-state index contributed by atoms with van der Waals surface area (Å²) in [6, 6.07) is 18.6. The molecule has 0 aliphatic rings. The van der Waals surface area contributed by atoms with Gasteiger partial charge in [-0.3, -0.25) is 4.79 Å². The molecule has 0 radical (unpaired) electrons. The standard InChI is InChI=1S/C23H24N2O3S/c1-16(2)21(25-20(26)13-17-9-5-3-6-10-17)23(27)28-14-19-15-29-22(24-19)18-11-7-4-8-12-18/h3-12,15-16,21H,13-14H2,1-2H3,(H,25,26)/t21-/m0/s1. The van der Waals surface area contributed by atoms with Crippen LogP contribution in [0.2, 0.25) is 0 Å². The molecule has 0 saturated heterocycles. The molecule has 0 bridgehead atoms. The predicted molar refractivity (Wildman–Crippen MR) is 114 cm³/mol. The number of benzene rings is 2. The van der Waals surface area contributed by atoms with Crippen LogP contribution < -0.4 is 5.32 Å². The Hall–Kier alpha value is -2.99. The van der Waals surface area contributed by atoms with Crippen LogP contribution in [0.4, 0.5) is 0 Å². The van der Waals surface area contributed by atoms with Crippen molar-refractivity contribution in [3.63, 3.8) is 0 Å². The van der Waals surface area contributed by atoms with Crippen LogP contribution in [-0.2, 0) is 27.4 Å². The second-order valence-corrected chi connectivity index (χ2v) is 7.93. The molecule has 0 aliphatic carbocycles. The van der Waals surface area contributed by atoms with E-state index in [0.717, 1.165) is 16.1 Å². The van der Waals surface area contributed by atoms with E-state index in [9.17, 15) is 9.59 Å². The minimum atomic E-state index is -0.696. The summed E-state index contributed by atoms with van der Waals surface area (Å²) in [5.74, 6) is -0.736. The number of hydrogen-bond acceptors (Lipinski definition) is 5. The fraction of sp³-hybridized carbons (Fsp3) is 0.261. The number of amides is 1. The number of thiazole rings is 1. The monoisotopic (exact) mass is 408 g/mol. The van der Waals surface area contributed by atoms with Gasteiger partial charge in [0, 0.05) is 10.9 Å². The maximum atomic E-state index is 12.6. The van der Waals surface area contributed by atoms with Crippen molar-refractivity contribution in [2.24, 2.45) is 5.92 Å². The van der Waals surface area contributed by atoms with Crippen molar-refractivity contribution in [3.05, 3.63) is 77.3 Å². The Labute approximate surface area is 174 Å². The van der Waals surface area contributed by atoms with Crippen LogP contribution in [0, 0.1) is 5.92 Å². The van der Waals surface area contributed by atoms with E-state index < -0.39 is 12.0 Å². The minimum absolute atomic E-state index is 0.0833. The summed E-state index contributed by atoms with van der Waals surface area (Å²) >= 11 is 1.51. The van der Waals surface area contributed by atoms with Gasteiger partial charge in [0.2, 0.25) is 5.91 Å². The number of hydrogen-bond donors (Lipinski definition) is 1. The SMILES string of the molecule is CC(C)[C@H](NC(=O)Cc1ccccc1)C(=O)OCc1csc(-c2ccccc2)n1. The fourth-order valence-electron chi connectivity index (χ4n) is 2.82. The third kappa shape index (κ3) is 5.99. The number of esters is 1. The lowest BCUT2D eigenvalue weighted by atomic mass is 10.0. The molecule has 0 unspecified atom stereocenters. The molecule has 29 heavy (non-hydrogen) atoms. The zero-order valence-corrected chi connectivity index (χ0v) is 17.3. The van der Waals surface area contributed by atoms with Crippen molar-refractivity contribution in [2.75, 3.05) is 0 Å². The van der Waals surface area contributed by atoms with Crippen LogP contribution in [0.1, 0.15) is 25.1 Å². The molecule has 3 aromatic rings. The zero-order chi connectivity index (χ0) is 20.6. The molecule has 0 spiro atoms. The van der Waals surface area contributed by atoms with Crippen LogP contribution in [0.5, 0.6) is 0 Å². The highest BCUT2D eigenvalue weighted by atomic mass is 32.1. The highest BCUT2D eigenvalue weighted by molar-refractivity contribution is 7.13. The molecule has 1 N–H and O–H groups in total. The molecular weight excluding hydrogens is 384 g/mol.